The fraction of sp³-hybridized carbons (Fsp3) is 0.625. The number of methoxy groups -OCH3 is 1. The lowest BCUT2D eigenvalue weighted by Crippen LogP contribution is -2.57. The standard InChI is InChI=1S/C16H24FNO/c1-4-18-15(16(19-3)8-5-9-16)11-13-10-14(17)7-6-12(13)2/h6-7,10,15,18H,4-5,8-9,11H2,1-3H3. The zero-order valence-electron chi connectivity index (χ0n) is 12.1. The summed E-state index contributed by atoms with van der Waals surface area (Å²) in [5.74, 6) is -0.157. The highest BCUT2D eigenvalue weighted by atomic mass is 19.1. The Labute approximate surface area is 115 Å². The Kier molecular flexibility index (Phi) is 4.58. The van der Waals surface area contributed by atoms with E-state index in [4.69, 9.17) is 4.74 Å². The lowest BCUT2D eigenvalue weighted by atomic mass is 9.72. The van der Waals surface area contributed by atoms with Crippen LogP contribution in [0, 0.1) is 12.7 Å². The van der Waals surface area contributed by atoms with Gasteiger partial charge in [-0.2, -0.15) is 0 Å². The van der Waals surface area contributed by atoms with Crippen LogP contribution in [0.3, 0.4) is 0 Å². The molecule has 106 valence electrons. The zero-order chi connectivity index (χ0) is 13.9. The number of ether oxygens (including phenoxy) is 1. The highest BCUT2D eigenvalue weighted by Gasteiger charge is 2.44. The van der Waals surface area contributed by atoms with Gasteiger partial charge < -0.3 is 10.1 Å². The molecule has 2 nitrogen and oxygen atoms in total. The molecule has 2 rings (SSSR count). The molecule has 1 atom stereocenters. The van der Waals surface area contributed by atoms with Crippen molar-refractivity contribution in [3.8, 4) is 0 Å². The van der Waals surface area contributed by atoms with Gasteiger partial charge in [0.25, 0.3) is 0 Å². The number of benzene rings is 1. The Bertz CT molecular complexity index is 423. The quantitative estimate of drug-likeness (QED) is 0.852. The Morgan fingerprint density at radius 2 is 2.16 bits per heavy atom. The van der Waals surface area contributed by atoms with Crippen molar-refractivity contribution in [3.63, 3.8) is 0 Å². The van der Waals surface area contributed by atoms with Crippen LogP contribution in [0.2, 0.25) is 0 Å². The second-order valence-electron chi connectivity index (χ2n) is 5.51. The average Bonchev–Trinajstić information content (AvgIpc) is 2.33. The smallest absolute Gasteiger partial charge is 0.123 e. The summed E-state index contributed by atoms with van der Waals surface area (Å²) in [6.45, 7) is 5.05. The topological polar surface area (TPSA) is 21.3 Å². The molecule has 1 aliphatic carbocycles. The van der Waals surface area contributed by atoms with Crippen LogP contribution in [0.5, 0.6) is 0 Å². The van der Waals surface area contributed by atoms with Gasteiger partial charge in [-0.25, -0.2) is 4.39 Å². The van der Waals surface area contributed by atoms with E-state index in [2.05, 4.69) is 12.2 Å². The maximum atomic E-state index is 13.4. The van der Waals surface area contributed by atoms with Crippen LogP contribution in [-0.2, 0) is 11.2 Å². The third-order valence-corrected chi connectivity index (χ3v) is 4.43. The van der Waals surface area contributed by atoms with Gasteiger partial charge in [0.1, 0.15) is 5.82 Å². The third-order valence-electron chi connectivity index (χ3n) is 4.43. The highest BCUT2D eigenvalue weighted by Crippen LogP contribution is 2.39. The van der Waals surface area contributed by atoms with Crippen molar-refractivity contribution in [3.05, 3.63) is 35.1 Å². The molecule has 1 aromatic rings. The number of hydrogen-bond acceptors (Lipinski definition) is 2. The number of aryl methyl sites for hydroxylation is 1. The molecule has 19 heavy (non-hydrogen) atoms. The first-order valence-electron chi connectivity index (χ1n) is 7.15. The molecule has 1 aromatic carbocycles. The van der Waals surface area contributed by atoms with Gasteiger partial charge in [0, 0.05) is 13.2 Å². The molecule has 3 heteroatoms. The zero-order valence-corrected chi connectivity index (χ0v) is 12.1. The van der Waals surface area contributed by atoms with E-state index in [1.54, 1.807) is 13.2 Å². The largest absolute Gasteiger partial charge is 0.377 e. The van der Waals surface area contributed by atoms with E-state index in [0.29, 0.717) is 0 Å². The van der Waals surface area contributed by atoms with Gasteiger partial charge in [0.2, 0.25) is 0 Å². The van der Waals surface area contributed by atoms with Crippen LogP contribution in [0.1, 0.15) is 37.3 Å². The molecule has 0 aromatic heterocycles. The fourth-order valence-corrected chi connectivity index (χ4v) is 2.99. The van der Waals surface area contributed by atoms with Crippen molar-refractivity contribution in [2.24, 2.45) is 0 Å². The first kappa shape index (κ1) is 14.5. The van der Waals surface area contributed by atoms with Gasteiger partial charge in [0.15, 0.2) is 0 Å². The molecule has 1 unspecified atom stereocenters. The van der Waals surface area contributed by atoms with Crippen LogP contribution in [-0.4, -0.2) is 25.3 Å². The number of rotatable bonds is 6. The summed E-state index contributed by atoms with van der Waals surface area (Å²) in [6.07, 6.45) is 4.23. The molecular formula is C16H24FNO. The molecule has 0 aliphatic heterocycles. The summed E-state index contributed by atoms with van der Waals surface area (Å²) in [5, 5.41) is 3.52. The Balaban J connectivity index is 2.18. The predicted molar refractivity (Wildman–Crippen MR) is 75.9 cm³/mol. The highest BCUT2D eigenvalue weighted by molar-refractivity contribution is 5.28. The molecule has 0 radical (unpaired) electrons. The van der Waals surface area contributed by atoms with Crippen LogP contribution in [0.4, 0.5) is 4.39 Å². The van der Waals surface area contributed by atoms with Crippen LogP contribution in [0.25, 0.3) is 0 Å². The molecule has 0 heterocycles. The number of hydrogen-bond donors (Lipinski definition) is 1. The number of nitrogens with one attached hydrogen (secondary N) is 1. The van der Waals surface area contributed by atoms with Crippen molar-refractivity contribution in [2.45, 2.75) is 51.2 Å². The molecule has 0 bridgehead atoms. The van der Waals surface area contributed by atoms with Crippen molar-refractivity contribution >= 4 is 0 Å². The summed E-state index contributed by atoms with van der Waals surface area (Å²) in [6, 6.07) is 5.29. The Hall–Kier alpha value is -0.930. The van der Waals surface area contributed by atoms with Crippen molar-refractivity contribution < 1.29 is 9.13 Å². The molecular weight excluding hydrogens is 241 g/mol. The Morgan fingerprint density at radius 3 is 2.68 bits per heavy atom. The number of halogens is 1. The maximum Gasteiger partial charge on any atom is 0.123 e. The number of likely N-dealkylation sites (N-methyl/N-ethyl adjacent to an activating group) is 1. The monoisotopic (exact) mass is 265 g/mol. The van der Waals surface area contributed by atoms with Gasteiger partial charge in [-0.15, -0.1) is 0 Å². The lowest BCUT2D eigenvalue weighted by molar-refractivity contribution is -0.0978. The first-order valence-corrected chi connectivity index (χ1v) is 7.15. The molecule has 0 amide bonds. The van der Waals surface area contributed by atoms with Crippen molar-refractivity contribution in [2.75, 3.05) is 13.7 Å². The van der Waals surface area contributed by atoms with E-state index >= 15 is 0 Å². The molecule has 0 spiro atoms. The van der Waals surface area contributed by atoms with E-state index in [0.717, 1.165) is 36.9 Å². The average molecular weight is 265 g/mol. The second-order valence-corrected chi connectivity index (χ2v) is 5.51. The molecule has 1 fully saturated rings. The predicted octanol–water partition coefficient (Wildman–Crippen LogP) is 3.22. The van der Waals surface area contributed by atoms with E-state index in [1.807, 2.05) is 13.0 Å². The van der Waals surface area contributed by atoms with Gasteiger partial charge >= 0.3 is 0 Å². The van der Waals surface area contributed by atoms with Gasteiger partial charge in [-0.05, 0) is 62.4 Å². The molecule has 1 N–H and O–H groups in total. The van der Waals surface area contributed by atoms with Gasteiger partial charge in [-0.3, -0.25) is 0 Å². The van der Waals surface area contributed by atoms with Crippen LogP contribution >= 0.6 is 0 Å². The van der Waals surface area contributed by atoms with Crippen LogP contribution < -0.4 is 5.32 Å². The van der Waals surface area contributed by atoms with Gasteiger partial charge in [0.05, 0.1) is 5.60 Å². The van der Waals surface area contributed by atoms with E-state index in [-0.39, 0.29) is 17.5 Å². The Morgan fingerprint density at radius 1 is 1.42 bits per heavy atom. The summed E-state index contributed by atoms with van der Waals surface area (Å²) in [7, 11) is 1.79. The van der Waals surface area contributed by atoms with Gasteiger partial charge in [-0.1, -0.05) is 13.0 Å². The molecule has 1 saturated carbocycles. The minimum Gasteiger partial charge on any atom is -0.377 e. The third kappa shape index (κ3) is 2.98. The SMILES string of the molecule is CCNC(Cc1cc(F)ccc1C)C1(OC)CCC1. The summed E-state index contributed by atoms with van der Waals surface area (Å²) >= 11 is 0. The van der Waals surface area contributed by atoms with Crippen molar-refractivity contribution in [1.82, 2.24) is 5.32 Å². The minimum absolute atomic E-state index is 0.0607. The van der Waals surface area contributed by atoms with Crippen molar-refractivity contribution in [1.29, 1.82) is 0 Å². The normalized spacial score (nSPS) is 18.9. The van der Waals surface area contributed by atoms with E-state index in [1.165, 1.54) is 12.5 Å². The lowest BCUT2D eigenvalue weighted by Gasteiger charge is -2.47. The summed E-state index contributed by atoms with van der Waals surface area (Å²) in [4.78, 5) is 0. The molecule has 0 saturated heterocycles. The van der Waals surface area contributed by atoms with Crippen LogP contribution in [0.15, 0.2) is 18.2 Å². The molecule has 1 aliphatic rings. The fourth-order valence-electron chi connectivity index (χ4n) is 2.99. The second kappa shape index (κ2) is 6.02. The summed E-state index contributed by atoms with van der Waals surface area (Å²) < 4.78 is 19.2. The van der Waals surface area contributed by atoms with E-state index < -0.39 is 0 Å². The maximum absolute atomic E-state index is 13.4. The van der Waals surface area contributed by atoms with E-state index in [9.17, 15) is 4.39 Å². The minimum atomic E-state index is -0.157. The first-order chi connectivity index (χ1) is 9.11. The summed E-state index contributed by atoms with van der Waals surface area (Å²) in [5.41, 5.74) is 2.17.